The van der Waals surface area contributed by atoms with Crippen LogP contribution in [0.25, 0.3) is 0 Å². The van der Waals surface area contributed by atoms with Crippen LogP contribution in [0.1, 0.15) is 11.7 Å². The molecule has 0 saturated heterocycles. The number of methoxy groups -OCH3 is 1. The number of carbonyl (C=O) groups is 2. The Morgan fingerprint density at radius 3 is 1.95 bits per heavy atom. The first kappa shape index (κ1) is 14.5. The molecule has 2 amide bonds. The van der Waals surface area contributed by atoms with Crippen LogP contribution in [0.3, 0.4) is 0 Å². The first-order valence-electron chi connectivity index (χ1n) is 5.60. The van der Waals surface area contributed by atoms with Gasteiger partial charge >= 0.3 is 0 Å². The standard InChI is InChI=1S/C14H16N2O3/c1-4-12(17)15-14(16-13(18)5-2)10-6-8-11(19-3)9-7-10/h4-9,14H,1-2H2,3H3,(H,15,17)(H,16,18). The number of amides is 2. The molecule has 1 aromatic carbocycles. The second-order valence-corrected chi connectivity index (χ2v) is 3.63. The Morgan fingerprint density at radius 1 is 1.11 bits per heavy atom. The molecule has 0 atom stereocenters. The minimum atomic E-state index is -0.651. The van der Waals surface area contributed by atoms with Crippen molar-refractivity contribution in [1.82, 2.24) is 10.6 Å². The minimum absolute atomic E-state index is 0.384. The van der Waals surface area contributed by atoms with Gasteiger partial charge in [0.05, 0.1) is 7.11 Å². The maximum atomic E-state index is 11.4. The summed E-state index contributed by atoms with van der Waals surface area (Å²) in [5, 5.41) is 5.22. The normalized spacial score (nSPS) is 9.58. The molecule has 5 heteroatoms. The molecule has 0 spiro atoms. The molecule has 1 aromatic rings. The number of ether oxygens (including phenoxy) is 1. The van der Waals surface area contributed by atoms with E-state index in [1.165, 1.54) is 0 Å². The monoisotopic (exact) mass is 260 g/mol. The molecule has 0 radical (unpaired) electrons. The smallest absolute Gasteiger partial charge is 0.245 e. The summed E-state index contributed by atoms with van der Waals surface area (Å²) in [5.74, 6) is -0.0806. The fourth-order valence-electron chi connectivity index (χ4n) is 1.40. The Hall–Kier alpha value is -2.56. The third kappa shape index (κ3) is 4.31. The summed E-state index contributed by atoms with van der Waals surface area (Å²) >= 11 is 0. The average molecular weight is 260 g/mol. The summed E-state index contributed by atoms with van der Waals surface area (Å²) < 4.78 is 5.05. The SMILES string of the molecule is C=CC(=O)NC(NC(=O)C=C)c1ccc(OC)cc1. The van der Waals surface area contributed by atoms with Crippen LogP contribution in [0.4, 0.5) is 0 Å². The molecule has 0 heterocycles. The highest BCUT2D eigenvalue weighted by molar-refractivity contribution is 5.89. The molecule has 0 aliphatic rings. The van der Waals surface area contributed by atoms with E-state index in [4.69, 9.17) is 4.74 Å². The van der Waals surface area contributed by atoms with Gasteiger partial charge in [0, 0.05) is 0 Å². The fourth-order valence-corrected chi connectivity index (χ4v) is 1.40. The molecule has 0 bridgehead atoms. The Morgan fingerprint density at radius 2 is 1.58 bits per heavy atom. The Kier molecular flexibility index (Phi) is 5.35. The van der Waals surface area contributed by atoms with Crippen molar-refractivity contribution < 1.29 is 14.3 Å². The van der Waals surface area contributed by atoms with Crippen molar-refractivity contribution in [3.63, 3.8) is 0 Å². The molecule has 2 N–H and O–H groups in total. The lowest BCUT2D eigenvalue weighted by molar-refractivity contribution is -0.119. The Bertz CT molecular complexity index is 458. The van der Waals surface area contributed by atoms with Crippen molar-refractivity contribution in [2.75, 3.05) is 7.11 Å². The molecular weight excluding hydrogens is 244 g/mol. The van der Waals surface area contributed by atoms with E-state index in [2.05, 4.69) is 23.8 Å². The fraction of sp³-hybridized carbons (Fsp3) is 0.143. The van der Waals surface area contributed by atoms with Gasteiger partial charge < -0.3 is 15.4 Å². The van der Waals surface area contributed by atoms with Gasteiger partial charge in [0.1, 0.15) is 11.9 Å². The number of rotatable bonds is 6. The zero-order chi connectivity index (χ0) is 14.3. The van der Waals surface area contributed by atoms with Crippen molar-refractivity contribution in [2.24, 2.45) is 0 Å². The molecule has 0 fully saturated rings. The second kappa shape index (κ2) is 7.00. The highest BCUT2D eigenvalue weighted by Gasteiger charge is 2.14. The minimum Gasteiger partial charge on any atom is -0.497 e. The number of carbonyl (C=O) groups excluding carboxylic acids is 2. The number of benzene rings is 1. The molecule has 5 nitrogen and oxygen atoms in total. The van der Waals surface area contributed by atoms with Crippen LogP contribution in [0, 0.1) is 0 Å². The maximum absolute atomic E-state index is 11.4. The maximum Gasteiger partial charge on any atom is 0.245 e. The third-order valence-corrected chi connectivity index (χ3v) is 2.39. The quantitative estimate of drug-likeness (QED) is 0.598. The van der Waals surface area contributed by atoms with E-state index in [1.54, 1.807) is 31.4 Å². The van der Waals surface area contributed by atoms with Crippen molar-refractivity contribution in [3.05, 3.63) is 55.1 Å². The van der Waals surface area contributed by atoms with E-state index in [-0.39, 0.29) is 11.8 Å². The van der Waals surface area contributed by atoms with Gasteiger partial charge in [0.25, 0.3) is 0 Å². The lowest BCUT2D eigenvalue weighted by atomic mass is 10.1. The van der Waals surface area contributed by atoms with Crippen molar-refractivity contribution >= 4 is 11.8 Å². The highest BCUT2D eigenvalue weighted by atomic mass is 16.5. The van der Waals surface area contributed by atoms with Gasteiger partial charge in [-0.15, -0.1) is 0 Å². The van der Waals surface area contributed by atoms with Crippen LogP contribution in [0.15, 0.2) is 49.6 Å². The third-order valence-electron chi connectivity index (χ3n) is 2.39. The largest absolute Gasteiger partial charge is 0.497 e. The molecule has 100 valence electrons. The van der Waals surface area contributed by atoms with E-state index in [0.717, 1.165) is 12.2 Å². The van der Waals surface area contributed by atoms with Crippen molar-refractivity contribution in [1.29, 1.82) is 0 Å². The topological polar surface area (TPSA) is 67.4 Å². The van der Waals surface area contributed by atoms with Crippen LogP contribution < -0.4 is 15.4 Å². The van der Waals surface area contributed by atoms with Crippen LogP contribution in [-0.2, 0) is 9.59 Å². The Labute approximate surface area is 112 Å². The number of hydrogen-bond donors (Lipinski definition) is 2. The molecule has 0 aromatic heterocycles. The zero-order valence-electron chi connectivity index (χ0n) is 10.7. The molecule has 1 rings (SSSR count). The predicted molar refractivity (Wildman–Crippen MR) is 72.4 cm³/mol. The van der Waals surface area contributed by atoms with E-state index in [1.807, 2.05) is 0 Å². The summed E-state index contributed by atoms with van der Waals surface area (Å²) in [4.78, 5) is 22.7. The lowest BCUT2D eigenvalue weighted by Crippen LogP contribution is -2.39. The van der Waals surface area contributed by atoms with E-state index in [0.29, 0.717) is 11.3 Å². The van der Waals surface area contributed by atoms with Gasteiger partial charge in [-0.05, 0) is 29.8 Å². The first-order valence-corrected chi connectivity index (χ1v) is 5.60. The highest BCUT2D eigenvalue weighted by Crippen LogP contribution is 2.16. The van der Waals surface area contributed by atoms with Gasteiger partial charge in [-0.25, -0.2) is 0 Å². The summed E-state index contributed by atoms with van der Waals surface area (Å²) in [6, 6.07) is 6.97. The van der Waals surface area contributed by atoms with Crippen LogP contribution >= 0.6 is 0 Å². The van der Waals surface area contributed by atoms with Gasteiger partial charge in [-0.2, -0.15) is 0 Å². The molecule has 0 unspecified atom stereocenters. The van der Waals surface area contributed by atoms with Crippen molar-refractivity contribution in [2.45, 2.75) is 6.17 Å². The molecular formula is C14H16N2O3. The molecule has 19 heavy (non-hydrogen) atoms. The van der Waals surface area contributed by atoms with Gasteiger partial charge in [-0.1, -0.05) is 25.3 Å². The van der Waals surface area contributed by atoms with Crippen LogP contribution in [0.5, 0.6) is 5.75 Å². The summed E-state index contributed by atoms with van der Waals surface area (Å²) in [7, 11) is 1.56. The number of nitrogens with one attached hydrogen (secondary N) is 2. The lowest BCUT2D eigenvalue weighted by Gasteiger charge is -2.19. The molecule has 0 aliphatic carbocycles. The van der Waals surface area contributed by atoms with E-state index >= 15 is 0 Å². The van der Waals surface area contributed by atoms with Gasteiger partial charge in [0.2, 0.25) is 11.8 Å². The number of hydrogen-bond acceptors (Lipinski definition) is 3. The summed E-state index contributed by atoms with van der Waals surface area (Å²) in [6.07, 6.45) is 1.62. The van der Waals surface area contributed by atoms with Crippen LogP contribution in [-0.4, -0.2) is 18.9 Å². The van der Waals surface area contributed by atoms with Gasteiger partial charge in [0.15, 0.2) is 0 Å². The predicted octanol–water partition coefficient (Wildman–Crippen LogP) is 1.30. The van der Waals surface area contributed by atoms with Gasteiger partial charge in [-0.3, -0.25) is 9.59 Å². The van der Waals surface area contributed by atoms with E-state index < -0.39 is 6.17 Å². The summed E-state index contributed by atoms with van der Waals surface area (Å²) in [5.41, 5.74) is 0.714. The second-order valence-electron chi connectivity index (χ2n) is 3.63. The molecule has 0 saturated carbocycles. The van der Waals surface area contributed by atoms with Crippen LogP contribution in [0.2, 0.25) is 0 Å². The molecule has 0 aliphatic heterocycles. The van der Waals surface area contributed by atoms with Crippen molar-refractivity contribution in [3.8, 4) is 5.75 Å². The Balaban J connectivity index is 2.92. The first-order chi connectivity index (χ1) is 9.10. The summed E-state index contributed by atoms with van der Waals surface area (Å²) in [6.45, 7) is 6.74. The van der Waals surface area contributed by atoms with E-state index in [9.17, 15) is 9.59 Å². The zero-order valence-corrected chi connectivity index (χ0v) is 10.7. The average Bonchev–Trinajstić information content (AvgIpc) is 2.46.